The minimum absolute atomic E-state index is 0.0997. The molecule has 1 amide bonds. The van der Waals surface area contributed by atoms with Gasteiger partial charge in [-0.25, -0.2) is 4.79 Å². The molecule has 0 aromatic heterocycles. The number of carbonyl (C=O) groups is 2. The minimum Gasteiger partial charge on any atom is -0.422 e. The lowest BCUT2D eigenvalue weighted by atomic mass is 9.91. The van der Waals surface area contributed by atoms with Crippen LogP contribution in [0.3, 0.4) is 0 Å². The fourth-order valence-electron chi connectivity index (χ4n) is 5.60. The van der Waals surface area contributed by atoms with E-state index in [1.54, 1.807) is 50.3 Å². The third-order valence-electron chi connectivity index (χ3n) is 8.04. The Hall–Kier alpha value is -3.99. The molecule has 0 aliphatic heterocycles. The van der Waals surface area contributed by atoms with Crippen molar-refractivity contribution < 1.29 is 40.3 Å². The van der Waals surface area contributed by atoms with E-state index in [9.17, 15) is 26.4 Å². The summed E-state index contributed by atoms with van der Waals surface area (Å²) in [5, 5.41) is 2.91. The summed E-state index contributed by atoms with van der Waals surface area (Å²) in [6.45, 7) is 8.12. The van der Waals surface area contributed by atoms with Gasteiger partial charge in [-0.05, 0) is 113 Å². The number of esters is 1. The highest BCUT2D eigenvalue weighted by molar-refractivity contribution is 7.86. The van der Waals surface area contributed by atoms with Gasteiger partial charge in [0.2, 0.25) is 0 Å². The Morgan fingerprint density at radius 1 is 0.843 bits per heavy atom. The average molecular weight is 745 g/mol. The average Bonchev–Trinajstić information content (AvgIpc) is 3.05. The van der Waals surface area contributed by atoms with E-state index in [4.69, 9.17) is 19.6 Å². The summed E-state index contributed by atoms with van der Waals surface area (Å²) in [5.41, 5.74) is 9.87. The van der Waals surface area contributed by atoms with Crippen LogP contribution < -0.4 is 15.8 Å². The molecule has 0 saturated heterocycles. The van der Waals surface area contributed by atoms with Crippen LogP contribution in [0, 0.1) is 20.8 Å². The van der Waals surface area contributed by atoms with E-state index in [0.29, 0.717) is 78.4 Å². The number of amides is 1. The van der Waals surface area contributed by atoms with Crippen LogP contribution in [0.5, 0.6) is 5.75 Å². The Labute approximate surface area is 300 Å². The summed E-state index contributed by atoms with van der Waals surface area (Å²) in [6.07, 6.45) is 8.73. The molecule has 0 unspecified atom stereocenters. The molecule has 51 heavy (non-hydrogen) atoms. The van der Waals surface area contributed by atoms with Gasteiger partial charge in [0.05, 0.1) is 22.8 Å². The van der Waals surface area contributed by atoms with Crippen LogP contribution in [0.4, 0.5) is 0 Å². The van der Waals surface area contributed by atoms with Gasteiger partial charge in [-0.3, -0.25) is 18.9 Å². The Morgan fingerprint density at radius 2 is 1.45 bits per heavy atom. The first kappa shape index (κ1) is 41.4. The van der Waals surface area contributed by atoms with Crippen molar-refractivity contribution in [3.63, 3.8) is 0 Å². The van der Waals surface area contributed by atoms with Gasteiger partial charge in [-0.15, -0.1) is 0 Å². The van der Waals surface area contributed by atoms with E-state index >= 15 is 0 Å². The summed E-state index contributed by atoms with van der Waals surface area (Å²) < 4.78 is 68.7. The number of hydrogen-bond donors (Lipinski definition) is 4. The van der Waals surface area contributed by atoms with Crippen LogP contribution in [0.25, 0.3) is 5.57 Å². The van der Waals surface area contributed by atoms with Gasteiger partial charge < -0.3 is 20.7 Å². The van der Waals surface area contributed by atoms with E-state index in [2.05, 4.69) is 15.2 Å². The summed E-state index contributed by atoms with van der Waals surface area (Å²) >= 11 is 0. The molecule has 5 N–H and O–H groups in total. The van der Waals surface area contributed by atoms with Crippen LogP contribution in [-0.4, -0.2) is 99.2 Å². The summed E-state index contributed by atoms with van der Waals surface area (Å²) in [4.78, 5) is 33.7. The quantitative estimate of drug-likeness (QED) is 0.0534. The zero-order chi connectivity index (χ0) is 37.6. The van der Waals surface area contributed by atoms with E-state index in [1.807, 2.05) is 31.2 Å². The maximum absolute atomic E-state index is 14.1. The molecule has 0 radical (unpaired) electrons. The number of nitrogens with zero attached hydrogens (tertiary/aromatic N) is 2. The van der Waals surface area contributed by atoms with Crippen molar-refractivity contribution in [1.82, 2.24) is 10.2 Å². The van der Waals surface area contributed by atoms with Gasteiger partial charge in [-0.1, -0.05) is 42.5 Å². The molecular weight excluding hydrogens is 697 g/mol. The third-order valence-corrected chi connectivity index (χ3v) is 9.65. The summed E-state index contributed by atoms with van der Waals surface area (Å²) in [5.74, 6) is -1.37. The molecule has 0 fully saturated rings. The molecule has 0 atom stereocenters. The van der Waals surface area contributed by atoms with Crippen LogP contribution in [0.2, 0.25) is 0 Å². The third kappa shape index (κ3) is 13.9. The van der Waals surface area contributed by atoms with Crippen molar-refractivity contribution in [3.8, 4) is 5.75 Å². The summed E-state index contributed by atoms with van der Waals surface area (Å²) in [7, 11) is -8.16. The molecule has 13 nitrogen and oxygen atoms in total. The number of benzene rings is 2. The van der Waals surface area contributed by atoms with Crippen LogP contribution >= 0.6 is 0 Å². The largest absolute Gasteiger partial charge is 0.422 e. The van der Waals surface area contributed by atoms with Crippen LogP contribution in [-0.2, 0) is 25.0 Å². The molecule has 278 valence electrons. The lowest BCUT2D eigenvalue weighted by molar-refractivity contribution is -0.128. The number of aryl methyl sites for hydroxylation is 3. The monoisotopic (exact) mass is 744 g/mol. The van der Waals surface area contributed by atoms with Gasteiger partial charge in [-0.2, -0.15) is 16.8 Å². The molecule has 2 aromatic carbocycles. The number of nitrogens with two attached hydrogens (primary N) is 1. The minimum atomic E-state index is -4.13. The molecule has 0 heterocycles. The van der Waals surface area contributed by atoms with Gasteiger partial charge in [0.15, 0.2) is 0 Å². The summed E-state index contributed by atoms with van der Waals surface area (Å²) in [6, 6.07) is 10.7. The van der Waals surface area contributed by atoms with E-state index in [1.165, 1.54) is 0 Å². The highest BCUT2D eigenvalue weighted by Crippen LogP contribution is 2.31. The normalized spacial score (nSPS) is 15.0. The van der Waals surface area contributed by atoms with Crippen molar-refractivity contribution in [1.29, 1.82) is 0 Å². The van der Waals surface area contributed by atoms with Crippen molar-refractivity contribution in [3.05, 3.63) is 94.1 Å². The van der Waals surface area contributed by atoms with Gasteiger partial charge in [0.25, 0.3) is 26.1 Å². The van der Waals surface area contributed by atoms with E-state index in [0.717, 1.165) is 12.0 Å². The second-order valence-electron chi connectivity index (χ2n) is 12.3. The van der Waals surface area contributed by atoms with Crippen LogP contribution in [0.1, 0.15) is 58.3 Å². The Kier molecular flexibility index (Phi) is 15.9. The zero-order valence-corrected chi connectivity index (χ0v) is 30.9. The lowest BCUT2D eigenvalue weighted by Gasteiger charge is -2.22. The first-order valence-electron chi connectivity index (χ1n) is 16.7. The van der Waals surface area contributed by atoms with Gasteiger partial charge in [0.1, 0.15) is 5.75 Å². The number of ether oxygens (including phenoxy) is 1. The molecule has 3 rings (SSSR count). The second kappa shape index (κ2) is 19.6. The van der Waals surface area contributed by atoms with Gasteiger partial charge in [0, 0.05) is 24.2 Å². The maximum Gasteiger partial charge on any atom is 0.344 e. The molecule has 1 aliphatic carbocycles. The Morgan fingerprint density at radius 3 is 2.10 bits per heavy atom. The number of hydrogen-bond acceptors (Lipinski definition) is 10. The number of rotatable bonds is 19. The number of nitrogens with one attached hydrogen (secondary N) is 1. The zero-order valence-electron chi connectivity index (χ0n) is 29.3. The fourth-order valence-corrected chi connectivity index (χ4v) is 6.59. The molecule has 0 spiro atoms. The van der Waals surface area contributed by atoms with Crippen molar-refractivity contribution in [2.75, 3.05) is 50.8 Å². The van der Waals surface area contributed by atoms with Crippen molar-refractivity contribution >= 4 is 43.4 Å². The highest BCUT2D eigenvalue weighted by atomic mass is 32.2. The van der Waals surface area contributed by atoms with E-state index < -0.39 is 32.0 Å². The Balaban J connectivity index is 1.77. The lowest BCUT2D eigenvalue weighted by Crippen LogP contribution is -2.32. The topological polar surface area (TPSA) is 206 Å². The molecular formula is C36H48N4O9S2. The number of carbonyl (C=O) groups excluding carboxylic acids is 2. The standard InChI is InChI=1S/C36H48N4O9S2/c1-26-12-4-5-13-30(26)33(31-14-6-7-15-32(31)38-18-10-22-50(43,44)45)36(42)49-34-27(2)24-29(25-28(34)3)35(41)39-17-9-20-40(19-8-16-37)21-11-23-51(46,47)48/h4-7,12-15,24-25H,8-11,16-23,37H2,1-3H3,(H,39,41)(H,43,44,45)(H,46,47,48)/b33-31+,38-32?. The smallest absolute Gasteiger partial charge is 0.344 e. The molecule has 1 aliphatic rings. The molecule has 2 aromatic rings. The van der Waals surface area contributed by atoms with Crippen molar-refractivity contribution in [2.45, 2.75) is 46.5 Å². The van der Waals surface area contributed by atoms with Gasteiger partial charge >= 0.3 is 5.97 Å². The first-order chi connectivity index (χ1) is 24.1. The van der Waals surface area contributed by atoms with Crippen molar-refractivity contribution in [2.24, 2.45) is 10.7 Å². The molecule has 15 heteroatoms. The van der Waals surface area contributed by atoms with Crippen LogP contribution in [0.15, 0.2) is 71.3 Å². The predicted octanol–water partition coefficient (Wildman–Crippen LogP) is 3.86. The highest BCUT2D eigenvalue weighted by Gasteiger charge is 2.25. The molecule has 0 bridgehead atoms. The second-order valence-corrected chi connectivity index (χ2v) is 15.4. The van der Waals surface area contributed by atoms with E-state index in [-0.39, 0.29) is 36.6 Å². The SMILES string of the molecule is Cc1ccccc1/C(C(=O)Oc1c(C)cc(C(=O)NCCCN(CCCN)CCCS(=O)(=O)O)cc1C)=C1/C=CC=CC1=NCCCS(=O)(=O)O. The Bertz CT molecular complexity index is 1880. The number of aliphatic imine (C=N–C) groups is 1. The first-order valence-corrected chi connectivity index (χ1v) is 20.0. The molecule has 0 saturated carbocycles. The fraction of sp³-hybridized carbons (Fsp3) is 0.417. The predicted molar refractivity (Wildman–Crippen MR) is 199 cm³/mol. The maximum atomic E-state index is 14.1. The number of allylic oxidation sites excluding steroid dienone is 5.